The van der Waals surface area contributed by atoms with Crippen LogP contribution in [0.2, 0.25) is 0 Å². The van der Waals surface area contributed by atoms with Gasteiger partial charge in [0.05, 0.1) is 11.1 Å². The summed E-state index contributed by atoms with van der Waals surface area (Å²) in [6.45, 7) is 2.97. The monoisotopic (exact) mass is 316 g/mol. The number of aromatic nitrogens is 3. The highest BCUT2D eigenvalue weighted by molar-refractivity contribution is 5.63. The van der Waals surface area contributed by atoms with Gasteiger partial charge in [0.25, 0.3) is 0 Å². The molecular weight excluding hydrogens is 300 g/mol. The highest BCUT2D eigenvalue weighted by Gasteiger charge is 2.30. The smallest absolute Gasteiger partial charge is 0.373 e. The Labute approximate surface area is 132 Å². The molecule has 23 heavy (non-hydrogen) atoms. The van der Waals surface area contributed by atoms with Gasteiger partial charge in [-0.1, -0.05) is 0 Å². The van der Waals surface area contributed by atoms with Crippen LogP contribution in [0.1, 0.15) is 0 Å². The zero-order valence-corrected chi connectivity index (χ0v) is 12.6. The summed E-state index contributed by atoms with van der Waals surface area (Å²) >= 11 is 0. The lowest BCUT2D eigenvalue weighted by atomic mass is 10.3. The molecule has 1 aliphatic rings. The molecule has 9 heteroatoms. The van der Waals surface area contributed by atoms with Gasteiger partial charge in [-0.25, -0.2) is 4.98 Å². The molecule has 1 fully saturated rings. The lowest BCUT2D eigenvalue weighted by Gasteiger charge is -2.32. The fourth-order valence-corrected chi connectivity index (χ4v) is 2.36. The SMILES string of the molecule is CN1CCN(c2ncnc(Oc3cccnc3)c2[N+](=O)[O-])CC1. The molecule has 3 rings (SSSR count). The number of nitro groups is 1. The number of likely N-dealkylation sites (N-methyl/N-ethyl adjacent to an activating group) is 1. The second-order valence-corrected chi connectivity index (χ2v) is 5.19. The van der Waals surface area contributed by atoms with Crippen LogP contribution in [0.4, 0.5) is 11.5 Å². The van der Waals surface area contributed by atoms with Gasteiger partial charge in [0.2, 0.25) is 5.82 Å². The van der Waals surface area contributed by atoms with E-state index in [0.717, 1.165) is 13.1 Å². The minimum atomic E-state index is -0.501. The normalized spacial score (nSPS) is 15.4. The van der Waals surface area contributed by atoms with Crippen molar-refractivity contribution >= 4 is 11.5 Å². The maximum atomic E-state index is 11.5. The van der Waals surface area contributed by atoms with Gasteiger partial charge in [0.15, 0.2) is 0 Å². The molecule has 0 N–H and O–H groups in total. The number of anilines is 1. The first-order valence-corrected chi connectivity index (χ1v) is 7.16. The highest BCUT2D eigenvalue weighted by Crippen LogP contribution is 2.35. The predicted molar refractivity (Wildman–Crippen MR) is 82.7 cm³/mol. The van der Waals surface area contributed by atoms with Crippen LogP contribution in [0.25, 0.3) is 0 Å². The molecule has 0 amide bonds. The van der Waals surface area contributed by atoms with E-state index in [1.807, 2.05) is 11.9 Å². The van der Waals surface area contributed by atoms with Crippen molar-refractivity contribution in [3.63, 3.8) is 0 Å². The molecule has 1 aliphatic heterocycles. The molecule has 0 spiro atoms. The molecule has 0 radical (unpaired) electrons. The lowest BCUT2D eigenvalue weighted by molar-refractivity contribution is -0.385. The first-order valence-electron chi connectivity index (χ1n) is 7.16. The number of hydrogen-bond donors (Lipinski definition) is 0. The van der Waals surface area contributed by atoms with Crippen LogP contribution in [0.3, 0.4) is 0 Å². The van der Waals surface area contributed by atoms with Crippen molar-refractivity contribution in [3.05, 3.63) is 41.0 Å². The molecule has 0 aromatic carbocycles. The summed E-state index contributed by atoms with van der Waals surface area (Å²) in [5, 5.41) is 11.5. The number of nitrogens with zero attached hydrogens (tertiary/aromatic N) is 6. The summed E-state index contributed by atoms with van der Waals surface area (Å²) in [5.41, 5.74) is -0.221. The van der Waals surface area contributed by atoms with Crippen LogP contribution < -0.4 is 9.64 Å². The summed E-state index contributed by atoms with van der Waals surface area (Å²) < 4.78 is 5.53. The van der Waals surface area contributed by atoms with Gasteiger partial charge in [-0.05, 0) is 19.2 Å². The van der Waals surface area contributed by atoms with E-state index in [2.05, 4.69) is 19.9 Å². The van der Waals surface area contributed by atoms with E-state index in [-0.39, 0.29) is 17.4 Å². The summed E-state index contributed by atoms with van der Waals surface area (Å²) in [7, 11) is 2.02. The van der Waals surface area contributed by atoms with E-state index >= 15 is 0 Å². The van der Waals surface area contributed by atoms with E-state index in [4.69, 9.17) is 4.74 Å². The maximum Gasteiger partial charge on any atom is 0.373 e. The van der Waals surface area contributed by atoms with Crippen LogP contribution >= 0.6 is 0 Å². The Bertz CT molecular complexity index is 688. The molecule has 9 nitrogen and oxygen atoms in total. The summed E-state index contributed by atoms with van der Waals surface area (Å²) in [6.07, 6.45) is 4.35. The second-order valence-electron chi connectivity index (χ2n) is 5.19. The van der Waals surface area contributed by atoms with Crippen LogP contribution in [0.15, 0.2) is 30.9 Å². The Balaban J connectivity index is 1.94. The van der Waals surface area contributed by atoms with Gasteiger partial charge in [-0.15, -0.1) is 0 Å². The molecule has 0 aliphatic carbocycles. The van der Waals surface area contributed by atoms with Crippen LogP contribution in [0.5, 0.6) is 11.6 Å². The third-order valence-electron chi connectivity index (χ3n) is 3.60. The Morgan fingerprint density at radius 3 is 2.70 bits per heavy atom. The van der Waals surface area contributed by atoms with Gasteiger partial charge in [0.1, 0.15) is 12.1 Å². The van der Waals surface area contributed by atoms with Gasteiger partial charge >= 0.3 is 11.6 Å². The van der Waals surface area contributed by atoms with Crippen molar-refractivity contribution in [3.8, 4) is 11.6 Å². The third kappa shape index (κ3) is 3.34. The van der Waals surface area contributed by atoms with Crippen molar-refractivity contribution in [2.75, 3.05) is 38.1 Å². The summed E-state index contributed by atoms with van der Waals surface area (Å²) in [4.78, 5) is 27.0. The first kappa shape index (κ1) is 15.1. The highest BCUT2D eigenvalue weighted by atomic mass is 16.6. The van der Waals surface area contributed by atoms with Crippen LogP contribution in [-0.4, -0.2) is 58.0 Å². The molecule has 0 unspecified atom stereocenters. The molecule has 120 valence electrons. The molecule has 2 aromatic rings. The fraction of sp³-hybridized carbons (Fsp3) is 0.357. The zero-order valence-electron chi connectivity index (χ0n) is 12.6. The molecular formula is C14H16N6O3. The Kier molecular flexibility index (Phi) is 4.29. The number of ether oxygens (including phenoxy) is 1. The Hall–Kier alpha value is -2.81. The van der Waals surface area contributed by atoms with Crippen molar-refractivity contribution in [1.29, 1.82) is 0 Å². The Morgan fingerprint density at radius 2 is 2.04 bits per heavy atom. The second kappa shape index (κ2) is 6.53. The van der Waals surface area contributed by atoms with Gasteiger partial charge in [-0.2, -0.15) is 4.98 Å². The van der Waals surface area contributed by atoms with Gasteiger partial charge < -0.3 is 14.5 Å². The molecule has 0 atom stereocenters. The molecule has 0 bridgehead atoms. The largest absolute Gasteiger partial charge is 0.432 e. The third-order valence-corrected chi connectivity index (χ3v) is 3.60. The summed E-state index contributed by atoms with van der Waals surface area (Å²) in [5.74, 6) is 0.600. The minimum Gasteiger partial charge on any atom is -0.432 e. The number of piperazine rings is 1. The van der Waals surface area contributed by atoms with E-state index in [0.29, 0.717) is 18.8 Å². The number of rotatable bonds is 4. The molecule has 2 aromatic heterocycles. The van der Waals surface area contributed by atoms with Crippen molar-refractivity contribution in [2.24, 2.45) is 0 Å². The molecule has 0 saturated carbocycles. The lowest BCUT2D eigenvalue weighted by Crippen LogP contribution is -2.45. The standard InChI is InChI=1S/C14H16N6O3/c1-18-5-7-19(8-6-18)13-12(20(21)22)14(17-10-16-13)23-11-3-2-4-15-9-11/h2-4,9-10H,5-8H2,1H3. The molecule has 3 heterocycles. The maximum absolute atomic E-state index is 11.5. The first-order chi connectivity index (χ1) is 11.1. The fourth-order valence-electron chi connectivity index (χ4n) is 2.36. The topological polar surface area (TPSA) is 97.5 Å². The average Bonchev–Trinajstić information content (AvgIpc) is 2.56. The minimum absolute atomic E-state index is 0.0769. The van der Waals surface area contributed by atoms with E-state index < -0.39 is 4.92 Å². The van der Waals surface area contributed by atoms with Crippen LogP contribution in [0, 0.1) is 10.1 Å². The number of hydrogen-bond acceptors (Lipinski definition) is 8. The van der Waals surface area contributed by atoms with E-state index in [1.54, 1.807) is 18.3 Å². The summed E-state index contributed by atoms with van der Waals surface area (Å²) in [6, 6.07) is 3.35. The van der Waals surface area contributed by atoms with Crippen molar-refractivity contribution in [2.45, 2.75) is 0 Å². The van der Waals surface area contributed by atoms with Crippen LogP contribution in [-0.2, 0) is 0 Å². The van der Waals surface area contributed by atoms with Crippen molar-refractivity contribution < 1.29 is 9.66 Å². The van der Waals surface area contributed by atoms with Gasteiger partial charge in [0, 0.05) is 32.4 Å². The number of pyridine rings is 1. The van der Waals surface area contributed by atoms with E-state index in [9.17, 15) is 10.1 Å². The average molecular weight is 316 g/mol. The Morgan fingerprint density at radius 1 is 1.26 bits per heavy atom. The predicted octanol–water partition coefficient (Wildman–Crippen LogP) is 1.32. The van der Waals surface area contributed by atoms with E-state index in [1.165, 1.54) is 12.5 Å². The van der Waals surface area contributed by atoms with Crippen molar-refractivity contribution in [1.82, 2.24) is 19.9 Å². The molecule has 1 saturated heterocycles. The quantitative estimate of drug-likeness (QED) is 0.615. The van der Waals surface area contributed by atoms with Gasteiger partial charge in [-0.3, -0.25) is 15.1 Å². The zero-order chi connectivity index (χ0) is 16.2.